The van der Waals surface area contributed by atoms with Gasteiger partial charge >= 0.3 is 0 Å². The summed E-state index contributed by atoms with van der Waals surface area (Å²) in [5.74, 6) is 0. The Kier molecular flexibility index (Phi) is 1.09. The van der Waals surface area contributed by atoms with Gasteiger partial charge in [-0.15, -0.1) is 0 Å². The largest absolute Gasteiger partial charge is 0.455 e. The van der Waals surface area contributed by atoms with E-state index in [-0.39, 0.29) is 32.5 Å². The lowest BCUT2D eigenvalue weighted by Gasteiger charge is -2.01. The van der Waals surface area contributed by atoms with Crippen LogP contribution in [0.1, 0.15) is 15.1 Å². The fourth-order valence-electron chi connectivity index (χ4n) is 1.99. The van der Waals surface area contributed by atoms with Crippen LogP contribution in [0.4, 0.5) is 0 Å². The van der Waals surface area contributed by atoms with Gasteiger partial charge in [0.1, 0.15) is 11.2 Å². The molecule has 0 spiro atoms. The molecule has 0 atom stereocenters. The summed E-state index contributed by atoms with van der Waals surface area (Å²) in [5.41, 5.74) is -1.25. The van der Waals surface area contributed by atoms with Gasteiger partial charge in [-0.1, -0.05) is 66.0 Å². The second-order valence-electron chi connectivity index (χ2n) is 3.95. The monoisotopic (exact) mass is 289 g/mol. The van der Waals surface area contributed by atoms with E-state index >= 15 is 0 Å². The number of fused-ring (bicyclic) bond motifs is 3. The Hall–Kier alpha value is -2.25. The molecule has 1 heterocycles. The van der Waals surface area contributed by atoms with Crippen LogP contribution < -0.4 is 0 Å². The van der Waals surface area contributed by atoms with E-state index in [2.05, 4.69) is 0 Å². The molecule has 0 aliphatic rings. The third-order valence-corrected chi connectivity index (χ3v) is 3.11. The molecule has 1 nitrogen and oxygen atoms in total. The Labute approximate surface area is 136 Å². The zero-order valence-corrected chi connectivity index (χ0v) is 10.5. The van der Waals surface area contributed by atoms with E-state index in [0.717, 1.165) is 0 Å². The molecular weight excluding hydrogens is 268 g/mol. The second kappa shape index (κ2) is 4.39. The molecule has 20 heavy (non-hydrogen) atoms. The van der Waals surface area contributed by atoms with E-state index < -0.39 is 72.0 Å². The molecule has 0 amide bonds. The van der Waals surface area contributed by atoms with Crippen molar-refractivity contribution in [3.05, 3.63) is 71.5 Å². The number of hydrogen-bond donors (Lipinski definition) is 0. The van der Waals surface area contributed by atoms with E-state index in [9.17, 15) is 0 Å². The highest BCUT2D eigenvalue weighted by atomic mass is 35.5. The lowest BCUT2D eigenvalue weighted by Crippen LogP contribution is -1.77. The minimum absolute atomic E-state index is 0.0743. The first kappa shape index (κ1) is 4.94. The van der Waals surface area contributed by atoms with Gasteiger partial charge < -0.3 is 4.42 Å². The molecule has 0 unspecified atom stereocenters. The van der Waals surface area contributed by atoms with Crippen LogP contribution in [0.25, 0.3) is 33.1 Å². The maximum atomic E-state index is 8.35. The number of furan rings is 1. The SMILES string of the molecule is [2H]c1c([2H])c([2H])c(-c2c([2H])c([2H])c([2H])c3c2oc2c([2H])c([2H])c([2H])c(Cl)c23)c([2H])c1[2H]. The third kappa shape index (κ3) is 1.64. The predicted molar refractivity (Wildman–Crippen MR) is 84.2 cm³/mol. The van der Waals surface area contributed by atoms with Crippen LogP contribution in [0, 0.1) is 0 Å². The molecule has 96 valence electrons. The molecule has 0 fully saturated rings. The first-order chi connectivity index (χ1) is 14.4. The predicted octanol–water partition coefficient (Wildman–Crippen LogP) is 5.91. The van der Waals surface area contributed by atoms with Gasteiger partial charge in [-0.2, -0.15) is 0 Å². The lowest BCUT2D eigenvalue weighted by molar-refractivity contribution is 0.670. The summed E-state index contributed by atoms with van der Waals surface area (Å²) in [7, 11) is 0. The number of hydrogen-bond acceptors (Lipinski definition) is 1. The molecule has 0 bridgehead atoms. The summed E-state index contributed by atoms with van der Waals surface area (Å²) in [6.07, 6.45) is 0. The Morgan fingerprint density at radius 1 is 0.850 bits per heavy atom. The first-order valence-electron chi connectivity index (χ1n) is 11.1. The lowest BCUT2D eigenvalue weighted by atomic mass is 10.0. The van der Waals surface area contributed by atoms with E-state index in [0.29, 0.717) is 0 Å². The van der Waals surface area contributed by atoms with Crippen molar-refractivity contribution < 1.29 is 19.5 Å². The smallest absolute Gasteiger partial charge is 0.143 e. The Morgan fingerprint density at radius 2 is 1.65 bits per heavy atom. The van der Waals surface area contributed by atoms with Crippen LogP contribution in [0.3, 0.4) is 0 Å². The van der Waals surface area contributed by atoms with Gasteiger partial charge in [0.25, 0.3) is 0 Å². The van der Waals surface area contributed by atoms with Gasteiger partial charge in [-0.3, -0.25) is 0 Å². The van der Waals surface area contributed by atoms with Gasteiger partial charge in [0.2, 0.25) is 0 Å². The fraction of sp³-hybridized carbons (Fsp3) is 0. The summed E-state index contributed by atoms with van der Waals surface area (Å²) in [6, 6.07) is -6.39. The summed E-state index contributed by atoms with van der Waals surface area (Å²) in [6.45, 7) is 0. The van der Waals surface area contributed by atoms with Crippen molar-refractivity contribution in [2.45, 2.75) is 0 Å². The highest BCUT2D eigenvalue weighted by Crippen LogP contribution is 2.38. The van der Waals surface area contributed by atoms with Crippen molar-refractivity contribution in [2.24, 2.45) is 0 Å². The van der Waals surface area contributed by atoms with Crippen molar-refractivity contribution in [1.82, 2.24) is 0 Å². The van der Waals surface area contributed by atoms with Crippen molar-refractivity contribution in [1.29, 1.82) is 0 Å². The van der Waals surface area contributed by atoms with Crippen LogP contribution in [0.15, 0.2) is 70.9 Å². The average molecular weight is 290 g/mol. The normalized spacial score (nSPS) is 18.9. The summed E-state index contributed by atoms with van der Waals surface area (Å²) in [4.78, 5) is 0. The van der Waals surface area contributed by atoms with E-state index in [1.807, 2.05) is 0 Å². The number of rotatable bonds is 1. The molecule has 0 radical (unpaired) electrons. The maximum absolute atomic E-state index is 8.35. The standard InChI is InChI=1S/C18H11ClO/c19-15-10-5-11-16-17(15)14-9-4-8-13(18(14)20-16)12-6-2-1-3-7-12/h1-11H/i1D,2D,3D,4D,5D,6D,7D,8D,9D,10D,11D. The summed E-state index contributed by atoms with van der Waals surface area (Å²) in [5, 5.41) is -0.494. The Morgan fingerprint density at radius 3 is 2.50 bits per heavy atom. The van der Waals surface area contributed by atoms with Crippen LogP contribution in [0.5, 0.6) is 0 Å². The highest BCUT2D eigenvalue weighted by Gasteiger charge is 2.13. The molecule has 3 aromatic carbocycles. The number of benzene rings is 3. The zero-order valence-electron chi connectivity index (χ0n) is 20.8. The topological polar surface area (TPSA) is 13.1 Å². The molecule has 0 saturated carbocycles. The minimum Gasteiger partial charge on any atom is -0.455 e. The van der Waals surface area contributed by atoms with Crippen molar-refractivity contribution >= 4 is 33.5 Å². The fourth-order valence-corrected chi connectivity index (χ4v) is 2.22. The van der Waals surface area contributed by atoms with Crippen molar-refractivity contribution in [3.63, 3.8) is 0 Å². The molecule has 4 rings (SSSR count). The summed E-state index contributed by atoms with van der Waals surface area (Å²) < 4.78 is 94.5. The van der Waals surface area contributed by atoms with E-state index in [1.165, 1.54) is 0 Å². The van der Waals surface area contributed by atoms with Gasteiger partial charge in [0.15, 0.2) is 0 Å². The molecule has 2 heteroatoms. The van der Waals surface area contributed by atoms with Crippen LogP contribution >= 0.6 is 11.6 Å². The Bertz CT molecular complexity index is 1430. The first-order valence-corrected chi connectivity index (χ1v) is 5.98. The zero-order chi connectivity index (χ0) is 23.1. The maximum Gasteiger partial charge on any atom is 0.143 e. The quantitative estimate of drug-likeness (QED) is 0.425. The van der Waals surface area contributed by atoms with Crippen LogP contribution in [0.2, 0.25) is 5.02 Å². The average Bonchev–Trinajstić information content (AvgIpc) is 3.14. The van der Waals surface area contributed by atoms with Crippen LogP contribution in [-0.2, 0) is 0 Å². The molecule has 0 aliphatic heterocycles. The van der Waals surface area contributed by atoms with Gasteiger partial charge in [0, 0.05) is 16.3 Å². The molecule has 4 aromatic rings. The molecule has 0 aliphatic carbocycles. The minimum atomic E-state index is -0.651. The van der Waals surface area contributed by atoms with Gasteiger partial charge in [-0.05, 0) is 17.6 Å². The number of para-hydroxylation sites is 1. The summed E-state index contributed by atoms with van der Waals surface area (Å²) >= 11 is 6.22. The van der Waals surface area contributed by atoms with Crippen molar-refractivity contribution in [3.8, 4) is 11.1 Å². The second-order valence-corrected chi connectivity index (χ2v) is 4.33. The van der Waals surface area contributed by atoms with E-state index in [1.54, 1.807) is 0 Å². The van der Waals surface area contributed by atoms with Gasteiger partial charge in [0.05, 0.1) is 20.1 Å². The Balaban J connectivity index is 2.36. The van der Waals surface area contributed by atoms with E-state index in [4.69, 9.17) is 31.1 Å². The van der Waals surface area contributed by atoms with Crippen LogP contribution in [-0.4, -0.2) is 0 Å². The molecule has 1 aromatic heterocycles. The highest BCUT2D eigenvalue weighted by molar-refractivity contribution is 6.37. The van der Waals surface area contributed by atoms with Gasteiger partial charge in [-0.25, -0.2) is 0 Å². The molecular formula is C18H11ClO. The number of halogens is 1. The van der Waals surface area contributed by atoms with Crippen molar-refractivity contribution in [2.75, 3.05) is 0 Å². The third-order valence-electron chi connectivity index (χ3n) is 2.83. The molecule has 0 saturated heterocycles. The molecule has 0 N–H and O–H groups in total.